The number of hydrogen-bond donors (Lipinski definition) is 2. The van der Waals surface area contributed by atoms with Crippen LogP contribution in [0.4, 0.5) is 14.5 Å². The Hall–Kier alpha value is -1.25. The zero-order chi connectivity index (χ0) is 14.0. The lowest BCUT2D eigenvalue weighted by Crippen LogP contribution is -2.39. The Balaban J connectivity index is 2.26. The lowest BCUT2D eigenvalue weighted by atomic mass is 10.1. The molecule has 106 valence electrons. The summed E-state index contributed by atoms with van der Waals surface area (Å²) in [6.45, 7) is 0.891. The first kappa shape index (κ1) is 14.2. The molecule has 0 radical (unpaired) electrons. The van der Waals surface area contributed by atoms with Crippen molar-refractivity contribution in [2.24, 2.45) is 0 Å². The van der Waals surface area contributed by atoms with E-state index in [4.69, 9.17) is 10.5 Å². The van der Waals surface area contributed by atoms with Crippen LogP contribution < -0.4 is 10.5 Å². The molecule has 1 aliphatic rings. The molecule has 19 heavy (non-hydrogen) atoms. The molecule has 2 rings (SSSR count). The lowest BCUT2D eigenvalue weighted by Gasteiger charge is -2.23. The zero-order valence-corrected chi connectivity index (χ0v) is 10.8. The van der Waals surface area contributed by atoms with E-state index in [2.05, 4.69) is 4.72 Å². The van der Waals surface area contributed by atoms with Crippen LogP contribution in [-0.2, 0) is 14.8 Å². The van der Waals surface area contributed by atoms with Gasteiger partial charge in [0.2, 0.25) is 10.0 Å². The minimum atomic E-state index is -4.06. The molecule has 0 atom stereocenters. The number of nitrogen functional groups attached to an aromatic ring is 1. The summed E-state index contributed by atoms with van der Waals surface area (Å²) in [5.41, 5.74) is 4.86. The molecule has 0 unspecified atom stereocenters. The van der Waals surface area contributed by atoms with Crippen molar-refractivity contribution in [1.29, 1.82) is 0 Å². The number of sulfonamides is 1. The van der Waals surface area contributed by atoms with E-state index in [0.717, 1.165) is 6.07 Å². The topological polar surface area (TPSA) is 81.4 Å². The maximum absolute atomic E-state index is 13.5. The van der Waals surface area contributed by atoms with Crippen LogP contribution in [0.25, 0.3) is 0 Å². The quantitative estimate of drug-likeness (QED) is 0.815. The number of halogens is 2. The van der Waals surface area contributed by atoms with Gasteiger partial charge in [0.15, 0.2) is 0 Å². The van der Waals surface area contributed by atoms with Crippen molar-refractivity contribution < 1.29 is 21.9 Å². The van der Waals surface area contributed by atoms with Crippen molar-refractivity contribution in [2.75, 3.05) is 18.9 Å². The van der Waals surface area contributed by atoms with Crippen molar-refractivity contribution >= 4 is 15.7 Å². The van der Waals surface area contributed by atoms with E-state index in [1.165, 1.54) is 0 Å². The smallest absolute Gasteiger partial charge is 0.243 e. The standard InChI is InChI=1S/C11H14F2N2O3S/c12-8-5-9(13)11(6-10(8)14)19(16,17)15-7-1-3-18-4-2-7/h5-7,15H,1-4,14H2. The first-order valence-electron chi connectivity index (χ1n) is 5.75. The number of benzene rings is 1. The molecule has 1 heterocycles. The monoisotopic (exact) mass is 292 g/mol. The SMILES string of the molecule is Nc1cc(S(=O)(=O)NC2CCOCC2)c(F)cc1F. The van der Waals surface area contributed by atoms with Crippen LogP contribution in [0.1, 0.15) is 12.8 Å². The van der Waals surface area contributed by atoms with Gasteiger partial charge in [0, 0.05) is 25.3 Å². The summed E-state index contributed by atoms with van der Waals surface area (Å²) in [5, 5.41) is 0. The minimum absolute atomic E-state index is 0.315. The van der Waals surface area contributed by atoms with Crippen molar-refractivity contribution in [3.05, 3.63) is 23.8 Å². The number of rotatable bonds is 3. The van der Waals surface area contributed by atoms with Crippen molar-refractivity contribution in [3.63, 3.8) is 0 Å². The second-order valence-electron chi connectivity index (χ2n) is 4.31. The fraction of sp³-hybridized carbons (Fsp3) is 0.455. The Bertz CT molecular complexity index is 572. The van der Waals surface area contributed by atoms with Crippen molar-refractivity contribution in [1.82, 2.24) is 4.72 Å². The van der Waals surface area contributed by atoms with Crippen LogP contribution >= 0.6 is 0 Å². The average molecular weight is 292 g/mol. The van der Waals surface area contributed by atoms with E-state index in [-0.39, 0.29) is 6.04 Å². The molecule has 1 saturated heterocycles. The Morgan fingerprint density at radius 3 is 2.47 bits per heavy atom. The highest BCUT2D eigenvalue weighted by Gasteiger charge is 2.25. The van der Waals surface area contributed by atoms with E-state index in [1.807, 2.05) is 0 Å². The molecule has 0 spiro atoms. The van der Waals surface area contributed by atoms with Gasteiger partial charge in [0.05, 0.1) is 5.69 Å². The summed E-state index contributed by atoms with van der Waals surface area (Å²) in [4.78, 5) is -0.641. The van der Waals surface area contributed by atoms with Gasteiger partial charge < -0.3 is 10.5 Å². The number of hydrogen-bond acceptors (Lipinski definition) is 4. The Labute approximate surface area is 109 Å². The molecule has 0 bridgehead atoms. The molecule has 8 heteroatoms. The summed E-state index contributed by atoms with van der Waals surface area (Å²) in [5.74, 6) is -2.14. The highest BCUT2D eigenvalue weighted by molar-refractivity contribution is 7.89. The average Bonchev–Trinajstić information content (AvgIpc) is 2.34. The third-order valence-electron chi connectivity index (χ3n) is 2.88. The fourth-order valence-corrected chi connectivity index (χ4v) is 3.25. The van der Waals surface area contributed by atoms with Gasteiger partial charge in [0.25, 0.3) is 0 Å². The maximum Gasteiger partial charge on any atom is 0.243 e. The van der Waals surface area contributed by atoms with Crippen molar-refractivity contribution in [2.45, 2.75) is 23.8 Å². The second kappa shape index (κ2) is 5.40. The van der Waals surface area contributed by atoms with Crippen LogP contribution in [0, 0.1) is 11.6 Å². The van der Waals surface area contributed by atoms with E-state index < -0.39 is 32.2 Å². The second-order valence-corrected chi connectivity index (χ2v) is 5.99. The number of ether oxygens (including phenoxy) is 1. The number of nitrogens with one attached hydrogen (secondary N) is 1. The molecule has 3 N–H and O–H groups in total. The van der Waals surface area contributed by atoms with Gasteiger partial charge in [-0.15, -0.1) is 0 Å². The molecule has 1 aromatic carbocycles. The van der Waals surface area contributed by atoms with Gasteiger partial charge in [0.1, 0.15) is 16.5 Å². The van der Waals surface area contributed by atoms with E-state index in [0.29, 0.717) is 32.1 Å². The largest absolute Gasteiger partial charge is 0.396 e. The first-order valence-corrected chi connectivity index (χ1v) is 7.23. The zero-order valence-electron chi connectivity index (χ0n) is 10.0. The summed E-state index contributed by atoms with van der Waals surface area (Å²) in [6, 6.07) is 0.935. The van der Waals surface area contributed by atoms with Crippen molar-refractivity contribution in [3.8, 4) is 0 Å². The van der Waals surface area contributed by atoms with Crippen LogP contribution in [0.15, 0.2) is 17.0 Å². The number of anilines is 1. The third-order valence-corrected chi connectivity index (χ3v) is 4.42. The molecule has 0 saturated carbocycles. The predicted octanol–water partition coefficient (Wildman–Crippen LogP) is 1.00. The molecular weight excluding hydrogens is 278 g/mol. The number of nitrogens with two attached hydrogens (primary N) is 1. The molecular formula is C11H14F2N2O3S. The Kier molecular flexibility index (Phi) is 4.02. The van der Waals surface area contributed by atoms with Gasteiger partial charge in [-0.2, -0.15) is 0 Å². The van der Waals surface area contributed by atoms with Gasteiger partial charge in [-0.25, -0.2) is 21.9 Å². The predicted molar refractivity (Wildman–Crippen MR) is 64.9 cm³/mol. The van der Waals surface area contributed by atoms with Gasteiger partial charge >= 0.3 is 0 Å². The van der Waals surface area contributed by atoms with Crippen LogP contribution in [0.5, 0.6) is 0 Å². The van der Waals surface area contributed by atoms with E-state index >= 15 is 0 Å². The summed E-state index contributed by atoms with van der Waals surface area (Å²) in [6.07, 6.45) is 1.02. The highest BCUT2D eigenvalue weighted by atomic mass is 32.2. The van der Waals surface area contributed by atoms with E-state index in [9.17, 15) is 17.2 Å². The normalized spacial score (nSPS) is 17.6. The van der Waals surface area contributed by atoms with Gasteiger partial charge in [-0.1, -0.05) is 0 Å². The molecule has 1 aliphatic heterocycles. The lowest BCUT2D eigenvalue weighted by molar-refractivity contribution is 0.0832. The first-order chi connectivity index (χ1) is 8.90. The Morgan fingerprint density at radius 1 is 1.21 bits per heavy atom. The summed E-state index contributed by atoms with van der Waals surface area (Å²) in [7, 11) is -4.06. The summed E-state index contributed by atoms with van der Waals surface area (Å²) < 4.78 is 58.1. The molecule has 1 fully saturated rings. The molecule has 0 aromatic heterocycles. The van der Waals surface area contributed by atoms with E-state index in [1.54, 1.807) is 0 Å². The third kappa shape index (κ3) is 3.20. The molecule has 0 amide bonds. The molecule has 0 aliphatic carbocycles. The Morgan fingerprint density at radius 2 is 1.84 bits per heavy atom. The van der Waals surface area contributed by atoms with Crippen LogP contribution in [-0.4, -0.2) is 27.7 Å². The van der Waals surface area contributed by atoms with Gasteiger partial charge in [-0.05, 0) is 18.9 Å². The van der Waals surface area contributed by atoms with Crippen LogP contribution in [0.2, 0.25) is 0 Å². The van der Waals surface area contributed by atoms with Crippen LogP contribution in [0.3, 0.4) is 0 Å². The maximum atomic E-state index is 13.5. The molecule has 1 aromatic rings. The molecule has 5 nitrogen and oxygen atoms in total. The minimum Gasteiger partial charge on any atom is -0.396 e. The fourth-order valence-electron chi connectivity index (χ4n) is 1.85. The summed E-state index contributed by atoms with van der Waals surface area (Å²) >= 11 is 0. The van der Waals surface area contributed by atoms with Gasteiger partial charge in [-0.3, -0.25) is 0 Å². The highest BCUT2D eigenvalue weighted by Crippen LogP contribution is 2.22.